The van der Waals surface area contributed by atoms with E-state index in [9.17, 15) is 19.1 Å². The van der Waals surface area contributed by atoms with Gasteiger partial charge in [-0.15, -0.1) is 0 Å². The molecule has 0 bridgehead atoms. The Balaban J connectivity index is 1.60. The van der Waals surface area contributed by atoms with E-state index in [1.807, 2.05) is 6.07 Å². The van der Waals surface area contributed by atoms with Crippen molar-refractivity contribution >= 4 is 17.7 Å². The van der Waals surface area contributed by atoms with Gasteiger partial charge in [-0.2, -0.15) is 0 Å². The Kier molecular flexibility index (Phi) is 6.64. The van der Waals surface area contributed by atoms with Crippen molar-refractivity contribution in [1.82, 2.24) is 0 Å². The van der Waals surface area contributed by atoms with E-state index in [1.165, 1.54) is 41.3 Å². The number of esters is 1. The Bertz CT molecular complexity index is 1180. The first kappa shape index (κ1) is 24.1. The van der Waals surface area contributed by atoms with Crippen LogP contribution in [0.5, 0.6) is 11.5 Å². The van der Waals surface area contributed by atoms with E-state index in [0.29, 0.717) is 17.0 Å². The van der Waals surface area contributed by atoms with Gasteiger partial charge in [0, 0.05) is 5.69 Å². The maximum atomic E-state index is 13.5. The zero-order chi connectivity index (χ0) is 25.2. The number of para-hydroxylation sites is 1. The average molecular weight is 480 g/mol. The number of carbonyl (C=O) groups is 2. The fraction of sp³-hybridized carbons (Fsp3) is 0.259. The summed E-state index contributed by atoms with van der Waals surface area (Å²) in [7, 11) is 0. The van der Waals surface area contributed by atoms with Crippen LogP contribution in [0.3, 0.4) is 0 Å². The van der Waals surface area contributed by atoms with Gasteiger partial charge in [-0.05, 0) is 74.9 Å². The molecule has 7 nitrogen and oxygen atoms in total. The van der Waals surface area contributed by atoms with Crippen molar-refractivity contribution in [3.63, 3.8) is 0 Å². The van der Waals surface area contributed by atoms with Gasteiger partial charge in [0.25, 0.3) is 0 Å². The van der Waals surface area contributed by atoms with Crippen LogP contribution in [0.15, 0.2) is 78.9 Å². The number of rotatable bonds is 7. The fourth-order valence-corrected chi connectivity index (χ4v) is 3.93. The van der Waals surface area contributed by atoms with Gasteiger partial charge in [-0.1, -0.05) is 30.3 Å². The Morgan fingerprint density at radius 1 is 1.03 bits per heavy atom. The molecule has 1 saturated heterocycles. The largest absolute Gasteiger partial charge is 0.508 e. The second-order valence-electron chi connectivity index (χ2n) is 8.77. The Morgan fingerprint density at radius 3 is 2.29 bits per heavy atom. The quantitative estimate of drug-likeness (QED) is 0.458. The predicted molar refractivity (Wildman–Crippen MR) is 127 cm³/mol. The summed E-state index contributed by atoms with van der Waals surface area (Å²) in [6.45, 7) is 4.83. The summed E-state index contributed by atoms with van der Waals surface area (Å²) in [5.41, 5.74) is -0.239. The second-order valence-corrected chi connectivity index (χ2v) is 8.77. The number of nitrogens with zero attached hydrogens (tertiary/aromatic N) is 1. The van der Waals surface area contributed by atoms with Crippen molar-refractivity contribution in [2.75, 3.05) is 4.90 Å². The van der Waals surface area contributed by atoms with Gasteiger partial charge in [0.1, 0.15) is 29.5 Å². The standard InChI is InChI=1S/C27H26FNO6/c1-17(33-25(31)27(2,3)35-22-7-5-4-6-8-22)24-23(18-9-15-21(30)16-10-18)29(26(32)34-24)20-13-11-19(28)12-14-20/h4-17,23-24,30H,1-3H3/t17?,23-,24-/m1/s1. The fourth-order valence-electron chi connectivity index (χ4n) is 3.93. The number of aromatic hydroxyl groups is 1. The molecule has 0 aliphatic carbocycles. The van der Waals surface area contributed by atoms with Gasteiger partial charge in [0.05, 0.1) is 0 Å². The number of anilines is 1. The van der Waals surface area contributed by atoms with Crippen LogP contribution in [0.4, 0.5) is 14.9 Å². The molecule has 0 aromatic heterocycles. The minimum atomic E-state index is -1.30. The summed E-state index contributed by atoms with van der Waals surface area (Å²) in [6, 6.07) is 19.9. The number of ether oxygens (including phenoxy) is 3. The number of benzene rings is 3. The maximum Gasteiger partial charge on any atom is 0.415 e. The number of halogens is 1. The molecule has 3 aromatic rings. The lowest BCUT2D eigenvalue weighted by Gasteiger charge is -2.30. The number of amides is 1. The summed E-state index contributed by atoms with van der Waals surface area (Å²) in [6.07, 6.45) is -2.40. The van der Waals surface area contributed by atoms with E-state index >= 15 is 0 Å². The van der Waals surface area contributed by atoms with Crippen LogP contribution < -0.4 is 9.64 Å². The third-order valence-corrected chi connectivity index (χ3v) is 5.73. The zero-order valence-corrected chi connectivity index (χ0v) is 19.6. The topological polar surface area (TPSA) is 85.3 Å². The highest BCUT2D eigenvalue weighted by molar-refractivity contribution is 5.91. The molecule has 1 N–H and O–H groups in total. The zero-order valence-electron chi connectivity index (χ0n) is 19.6. The molecule has 3 aromatic carbocycles. The summed E-state index contributed by atoms with van der Waals surface area (Å²) >= 11 is 0. The molecule has 182 valence electrons. The molecule has 3 atom stereocenters. The van der Waals surface area contributed by atoms with Crippen LogP contribution >= 0.6 is 0 Å². The molecule has 1 aliphatic rings. The second kappa shape index (κ2) is 9.66. The van der Waals surface area contributed by atoms with Crippen LogP contribution in [0.25, 0.3) is 0 Å². The van der Waals surface area contributed by atoms with Crippen molar-refractivity contribution in [2.24, 2.45) is 0 Å². The molecule has 4 rings (SSSR count). The van der Waals surface area contributed by atoms with Gasteiger partial charge < -0.3 is 19.3 Å². The number of hydrogen-bond acceptors (Lipinski definition) is 6. The summed E-state index contributed by atoms with van der Waals surface area (Å²) < 4.78 is 30.7. The van der Waals surface area contributed by atoms with Crippen molar-refractivity contribution in [2.45, 2.75) is 44.6 Å². The predicted octanol–water partition coefficient (Wildman–Crippen LogP) is 5.39. The molecular formula is C27H26FNO6. The van der Waals surface area contributed by atoms with Gasteiger partial charge in [-0.3, -0.25) is 4.90 Å². The monoisotopic (exact) mass is 479 g/mol. The lowest BCUT2D eigenvalue weighted by Crippen LogP contribution is -2.44. The highest BCUT2D eigenvalue weighted by Crippen LogP contribution is 2.40. The number of phenols is 1. The summed E-state index contributed by atoms with van der Waals surface area (Å²) in [5, 5.41) is 9.73. The number of carbonyl (C=O) groups excluding carboxylic acids is 2. The highest BCUT2D eigenvalue weighted by atomic mass is 19.1. The lowest BCUT2D eigenvalue weighted by molar-refractivity contribution is -0.169. The molecule has 0 saturated carbocycles. The first-order valence-corrected chi connectivity index (χ1v) is 11.2. The van der Waals surface area contributed by atoms with Crippen LogP contribution in [0, 0.1) is 5.82 Å². The van der Waals surface area contributed by atoms with E-state index < -0.39 is 41.7 Å². The Hall–Kier alpha value is -4.07. The van der Waals surface area contributed by atoms with E-state index in [0.717, 1.165) is 0 Å². The van der Waals surface area contributed by atoms with Crippen LogP contribution in [-0.2, 0) is 14.3 Å². The molecule has 35 heavy (non-hydrogen) atoms. The Labute approximate surface area is 202 Å². The van der Waals surface area contributed by atoms with E-state index in [-0.39, 0.29) is 5.75 Å². The normalized spacial score (nSPS) is 18.6. The van der Waals surface area contributed by atoms with Crippen molar-refractivity contribution in [1.29, 1.82) is 0 Å². The van der Waals surface area contributed by atoms with Crippen LogP contribution in [0.2, 0.25) is 0 Å². The molecular weight excluding hydrogens is 453 g/mol. The lowest BCUT2D eigenvalue weighted by atomic mass is 9.96. The van der Waals surface area contributed by atoms with Gasteiger partial charge >= 0.3 is 12.1 Å². The SMILES string of the molecule is CC(OC(=O)C(C)(C)Oc1ccccc1)[C@H]1OC(=O)N(c2ccc(F)cc2)[C@@H]1c1ccc(O)cc1. The van der Waals surface area contributed by atoms with Gasteiger partial charge in [-0.25, -0.2) is 14.0 Å². The number of phenolic OH excluding ortho intramolecular Hbond substituents is 1. The van der Waals surface area contributed by atoms with Crippen molar-refractivity contribution in [3.8, 4) is 11.5 Å². The van der Waals surface area contributed by atoms with E-state index in [1.54, 1.807) is 57.2 Å². The van der Waals surface area contributed by atoms with Crippen LogP contribution in [0.1, 0.15) is 32.4 Å². The highest BCUT2D eigenvalue weighted by Gasteiger charge is 2.48. The van der Waals surface area contributed by atoms with Crippen molar-refractivity contribution < 1.29 is 33.3 Å². The third kappa shape index (κ3) is 5.21. The number of cyclic esters (lactones) is 1. The summed E-state index contributed by atoms with van der Waals surface area (Å²) in [4.78, 5) is 27.3. The molecule has 1 amide bonds. The molecule has 1 unspecified atom stereocenters. The maximum absolute atomic E-state index is 13.5. The minimum absolute atomic E-state index is 0.0585. The van der Waals surface area contributed by atoms with Crippen molar-refractivity contribution in [3.05, 3.63) is 90.2 Å². The van der Waals surface area contributed by atoms with Gasteiger partial charge in [0.2, 0.25) is 0 Å². The Morgan fingerprint density at radius 2 is 1.66 bits per heavy atom. The summed E-state index contributed by atoms with van der Waals surface area (Å²) in [5.74, 6) is -0.501. The first-order valence-electron chi connectivity index (χ1n) is 11.2. The smallest absolute Gasteiger partial charge is 0.415 e. The average Bonchev–Trinajstić information content (AvgIpc) is 3.17. The minimum Gasteiger partial charge on any atom is -0.508 e. The first-order chi connectivity index (χ1) is 16.7. The molecule has 8 heteroatoms. The van der Waals surface area contributed by atoms with Gasteiger partial charge in [0.15, 0.2) is 11.7 Å². The molecule has 1 aliphatic heterocycles. The van der Waals surface area contributed by atoms with E-state index in [4.69, 9.17) is 14.2 Å². The number of hydrogen-bond donors (Lipinski definition) is 1. The molecule has 1 fully saturated rings. The molecule has 1 heterocycles. The third-order valence-electron chi connectivity index (χ3n) is 5.73. The molecule has 0 radical (unpaired) electrons. The van der Waals surface area contributed by atoms with E-state index in [2.05, 4.69) is 0 Å². The van der Waals surface area contributed by atoms with Crippen LogP contribution in [-0.4, -0.2) is 35.0 Å². The molecule has 0 spiro atoms.